The third-order valence-electron chi connectivity index (χ3n) is 4.88. The summed E-state index contributed by atoms with van der Waals surface area (Å²) in [5.41, 5.74) is 2.03. The SMILES string of the molecule is N#Cc1c(NC(=O)COC(=O)c2cccc3ccccc23)sc2c1CCCC2. The zero-order valence-corrected chi connectivity index (χ0v) is 16.0. The minimum atomic E-state index is -0.544. The lowest BCUT2D eigenvalue weighted by atomic mass is 9.96. The van der Waals surface area contributed by atoms with Crippen LogP contribution in [0.1, 0.15) is 39.2 Å². The maximum atomic E-state index is 12.4. The largest absolute Gasteiger partial charge is 0.452 e. The first-order chi connectivity index (χ1) is 13.7. The van der Waals surface area contributed by atoms with Crippen LogP contribution in [0.25, 0.3) is 10.8 Å². The van der Waals surface area contributed by atoms with E-state index in [1.165, 1.54) is 16.2 Å². The number of nitriles is 1. The highest BCUT2D eigenvalue weighted by Crippen LogP contribution is 2.37. The van der Waals surface area contributed by atoms with Crippen LogP contribution in [-0.2, 0) is 22.4 Å². The van der Waals surface area contributed by atoms with Crippen molar-refractivity contribution in [2.45, 2.75) is 25.7 Å². The van der Waals surface area contributed by atoms with E-state index < -0.39 is 18.5 Å². The first-order valence-corrected chi connectivity index (χ1v) is 9.98. The van der Waals surface area contributed by atoms with Gasteiger partial charge in [0.2, 0.25) is 0 Å². The summed E-state index contributed by atoms with van der Waals surface area (Å²) in [6.07, 6.45) is 3.99. The molecule has 0 unspecified atom stereocenters. The van der Waals surface area contributed by atoms with Crippen LogP contribution in [0.4, 0.5) is 5.00 Å². The number of nitrogens with zero attached hydrogens (tertiary/aromatic N) is 1. The van der Waals surface area contributed by atoms with Gasteiger partial charge in [0.15, 0.2) is 6.61 Å². The molecule has 140 valence electrons. The quantitative estimate of drug-likeness (QED) is 0.668. The number of thiophene rings is 1. The van der Waals surface area contributed by atoms with Gasteiger partial charge in [0.05, 0.1) is 11.1 Å². The Kier molecular flexibility index (Phi) is 5.09. The third-order valence-corrected chi connectivity index (χ3v) is 6.09. The minimum absolute atomic E-state index is 0.393. The lowest BCUT2D eigenvalue weighted by Gasteiger charge is -2.09. The number of esters is 1. The van der Waals surface area contributed by atoms with Crippen molar-refractivity contribution < 1.29 is 14.3 Å². The zero-order valence-electron chi connectivity index (χ0n) is 15.2. The minimum Gasteiger partial charge on any atom is -0.452 e. The molecule has 0 spiro atoms. The third kappa shape index (κ3) is 3.49. The van der Waals surface area contributed by atoms with Crippen LogP contribution in [-0.4, -0.2) is 18.5 Å². The number of amides is 1. The molecule has 28 heavy (non-hydrogen) atoms. The normalized spacial score (nSPS) is 12.8. The maximum Gasteiger partial charge on any atom is 0.339 e. The van der Waals surface area contributed by atoms with E-state index in [1.54, 1.807) is 12.1 Å². The van der Waals surface area contributed by atoms with Crippen LogP contribution in [0.5, 0.6) is 0 Å². The van der Waals surface area contributed by atoms with Gasteiger partial charge in [-0.1, -0.05) is 36.4 Å². The van der Waals surface area contributed by atoms with Crippen molar-refractivity contribution in [1.29, 1.82) is 5.26 Å². The number of fused-ring (bicyclic) bond motifs is 2. The summed E-state index contributed by atoms with van der Waals surface area (Å²) in [5.74, 6) is -0.985. The van der Waals surface area contributed by atoms with Gasteiger partial charge in [0.1, 0.15) is 11.1 Å². The first-order valence-electron chi connectivity index (χ1n) is 9.16. The van der Waals surface area contributed by atoms with Gasteiger partial charge in [-0.3, -0.25) is 4.79 Å². The molecule has 0 aliphatic heterocycles. The predicted octanol–water partition coefficient (Wildman–Crippen LogP) is 4.45. The number of carbonyl (C=O) groups is 2. The van der Waals surface area contributed by atoms with Gasteiger partial charge in [-0.15, -0.1) is 11.3 Å². The Labute approximate surface area is 166 Å². The van der Waals surface area contributed by atoms with E-state index in [4.69, 9.17) is 4.74 Å². The van der Waals surface area contributed by atoms with Crippen molar-refractivity contribution in [3.63, 3.8) is 0 Å². The Morgan fingerprint density at radius 1 is 1.11 bits per heavy atom. The summed E-state index contributed by atoms with van der Waals surface area (Å²) in [6.45, 7) is -0.393. The van der Waals surface area contributed by atoms with Crippen molar-refractivity contribution >= 4 is 39.0 Å². The molecule has 3 aromatic rings. The van der Waals surface area contributed by atoms with E-state index in [1.807, 2.05) is 30.3 Å². The van der Waals surface area contributed by atoms with E-state index in [0.29, 0.717) is 16.1 Å². The summed E-state index contributed by atoms with van der Waals surface area (Å²) in [6, 6.07) is 15.1. The number of nitrogens with one attached hydrogen (secondary N) is 1. The standard InChI is InChI=1S/C22H18N2O3S/c23-12-18-16-9-3-4-11-19(16)28-21(18)24-20(25)13-27-22(26)17-10-5-7-14-6-1-2-8-15(14)17/h1-2,5-8,10H,3-4,9,11,13H2,(H,24,25). The Morgan fingerprint density at radius 2 is 1.89 bits per heavy atom. The van der Waals surface area contributed by atoms with Crippen LogP contribution >= 0.6 is 11.3 Å². The molecule has 0 bridgehead atoms. The van der Waals surface area contributed by atoms with Crippen molar-refractivity contribution in [3.8, 4) is 6.07 Å². The second kappa shape index (κ2) is 7.83. The molecule has 1 aliphatic rings. The average molecular weight is 390 g/mol. The molecule has 1 N–H and O–H groups in total. The van der Waals surface area contributed by atoms with Crippen LogP contribution in [0.15, 0.2) is 42.5 Å². The Bertz CT molecular complexity index is 1110. The first kappa shape index (κ1) is 18.2. The summed E-state index contributed by atoms with van der Waals surface area (Å²) in [5, 5.41) is 14.5. The molecular weight excluding hydrogens is 372 g/mol. The van der Waals surface area contributed by atoms with E-state index in [0.717, 1.165) is 42.0 Å². The fourth-order valence-corrected chi connectivity index (χ4v) is 4.80. The number of hydrogen-bond acceptors (Lipinski definition) is 5. The van der Waals surface area contributed by atoms with E-state index in [9.17, 15) is 14.9 Å². The highest BCUT2D eigenvalue weighted by Gasteiger charge is 2.22. The molecule has 1 amide bonds. The zero-order chi connectivity index (χ0) is 19.5. The Hall–Kier alpha value is -3.17. The Balaban J connectivity index is 1.44. The van der Waals surface area contributed by atoms with Crippen LogP contribution in [0, 0.1) is 11.3 Å². The van der Waals surface area contributed by atoms with E-state index in [-0.39, 0.29) is 0 Å². The van der Waals surface area contributed by atoms with Gasteiger partial charge in [-0.2, -0.15) is 5.26 Å². The molecule has 1 aromatic heterocycles. The molecule has 1 aliphatic carbocycles. The van der Waals surface area contributed by atoms with Gasteiger partial charge in [0.25, 0.3) is 5.91 Å². The van der Waals surface area contributed by atoms with Crippen molar-refractivity contribution in [1.82, 2.24) is 0 Å². The number of anilines is 1. The summed E-state index contributed by atoms with van der Waals surface area (Å²) >= 11 is 1.45. The lowest BCUT2D eigenvalue weighted by Crippen LogP contribution is -2.21. The van der Waals surface area contributed by atoms with Crippen molar-refractivity contribution in [2.75, 3.05) is 11.9 Å². The molecule has 0 saturated heterocycles. The highest BCUT2D eigenvalue weighted by molar-refractivity contribution is 7.16. The molecule has 1 heterocycles. The molecule has 2 aromatic carbocycles. The van der Waals surface area contributed by atoms with Crippen LogP contribution < -0.4 is 5.32 Å². The van der Waals surface area contributed by atoms with E-state index in [2.05, 4.69) is 11.4 Å². The van der Waals surface area contributed by atoms with Gasteiger partial charge in [0, 0.05) is 4.88 Å². The van der Waals surface area contributed by atoms with Crippen LogP contribution in [0.3, 0.4) is 0 Å². The topological polar surface area (TPSA) is 79.2 Å². The van der Waals surface area contributed by atoms with Gasteiger partial charge in [-0.25, -0.2) is 4.79 Å². The van der Waals surface area contributed by atoms with E-state index >= 15 is 0 Å². The number of carbonyl (C=O) groups excluding carboxylic acids is 2. The number of ether oxygens (including phenoxy) is 1. The molecule has 0 atom stereocenters. The molecule has 6 heteroatoms. The molecule has 5 nitrogen and oxygen atoms in total. The molecular formula is C22H18N2O3S. The summed E-state index contributed by atoms with van der Waals surface area (Å²) < 4.78 is 5.22. The molecule has 0 fully saturated rings. The predicted molar refractivity (Wildman–Crippen MR) is 109 cm³/mol. The van der Waals surface area contributed by atoms with Crippen molar-refractivity contribution in [3.05, 3.63) is 64.0 Å². The number of aryl methyl sites for hydroxylation is 1. The van der Waals surface area contributed by atoms with Gasteiger partial charge < -0.3 is 10.1 Å². The highest BCUT2D eigenvalue weighted by atomic mass is 32.1. The Morgan fingerprint density at radius 3 is 2.75 bits per heavy atom. The van der Waals surface area contributed by atoms with Gasteiger partial charge >= 0.3 is 5.97 Å². The molecule has 0 radical (unpaired) electrons. The second-order valence-electron chi connectivity index (χ2n) is 6.68. The molecule has 0 saturated carbocycles. The second-order valence-corrected chi connectivity index (χ2v) is 7.78. The fourth-order valence-electron chi connectivity index (χ4n) is 3.55. The average Bonchev–Trinajstić information content (AvgIpc) is 3.08. The van der Waals surface area contributed by atoms with Crippen molar-refractivity contribution in [2.24, 2.45) is 0 Å². The fraction of sp³-hybridized carbons (Fsp3) is 0.227. The lowest BCUT2D eigenvalue weighted by molar-refractivity contribution is -0.119. The van der Waals surface area contributed by atoms with Crippen LogP contribution in [0.2, 0.25) is 0 Å². The molecule has 4 rings (SSSR count). The van der Waals surface area contributed by atoms with Gasteiger partial charge in [-0.05, 0) is 48.1 Å². The summed E-state index contributed by atoms with van der Waals surface area (Å²) in [4.78, 5) is 25.9. The number of benzene rings is 2. The number of rotatable bonds is 4. The maximum absolute atomic E-state index is 12.4. The number of hydrogen-bond donors (Lipinski definition) is 1. The monoisotopic (exact) mass is 390 g/mol. The smallest absolute Gasteiger partial charge is 0.339 e. The summed E-state index contributed by atoms with van der Waals surface area (Å²) in [7, 11) is 0.